The summed E-state index contributed by atoms with van der Waals surface area (Å²) < 4.78 is 6.66. The fourth-order valence-corrected chi connectivity index (χ4v) is 1.14. The Morgan fingerprint density at radius 3 is 2.67 bits per heavy atom. The first-order valence-electron chi connectivity index (χ1n) is 4.41. The maximum absolute atomic E-state index is 5.00. The Hall–Kier alpha value is -2.11. The van der Waals surface area contributed by atoms with Gasteiger partial charge in [-0.25, -0.2) is 14.6 Å². The highest BCUT2D eigenvalue weighted by atomic mass is 16.5. The zero-order valence-corrected chi connectivity index (χ0v) is 8.51. The minimum atomic E-state index is 0.531. The van der Waals surface area contributed by atoms with Crippen LogP contribution < -0.4 is 10.1 Å². The maximum atomic E-state index is 5.00. The van der Waals surface area contributed by atoms with E-state index in [1.54, 1.807) is 36.3 Å². The topological polar surface area (TPSA) is 64.9 Å². The van der Waals surface area contributed by atoms with Crippen LogP contribution in [0.15, 0.2) is 24.5 Å². The lowest BCUT2D eigenvalue weighted by molar-refractivity contribution is 0.392. The van der Waals surface area contributed by atoms with Crippen molar-refractivity contribution in [2.24, 2.45) is 7.05 Å². The number of hydrogen-bond acceptors (Lipinski definition) is 5. The molecule has 6 nitrogen and oxygen atoms in total. The molecule has 0 fully saturated rings. The molecule has 0 amide bonds. The van der Waals surface area contributed by atoms with E-state index in [9.17, 15) is 0 Å². The molecule has 15 heavy (non-hydrogen) atoms. The molecule has 2 aromatic heterocycles. The lowest BCUT2D eigenvalue weighted by Gasteiger charge is -2.02. The number of ether oxygens (including phenoxy) is 1. The molecule has 0 bridgehead atoms. The van der Waals surface area contributed by atoms with Gasteiger partial charge in [-0.15, -0.1) is 5.10 Å². The van der Waals surface area contributed by atoms with Crippen molar-refractivity contribution >= 4 is 11.8 Å². The molecule has 0 aromatic carbocycles. The van der Waals surface area contributed by atoms with Crippen LogP contribution in [0, 0.1) is 0 Å². The zero-order chi connectivity index (χ0) is 10.7. The molecule has 1 N–H and O–H groups in total. The number of nitrogens with one attached hydrogen (secondary N) is 1. The summed E-state index contributed by atoms with van der Waals surface area (Å²) in [4.78, 5) is 8.09. The minimum absolute atomic E-state index is 0.531. The SMILES string of the molecule is COc1cc(Nc2ncccn2)n(C)n1. The third-order valence-electron chi connectivity index (χ3n) is 1.87. The highest BCUT2D eigenvalue weighted by Crippen LogP contribution is 2.17. The van der Waals surface area contributed by atoms with Crippen molar-refractivity contribution in [2.75, 3.05) is 12.4 Å². The van der Waals surface area contributed by atoms with Gasteiger partial charge in [-0.3, -0.25) is 0 Å². The van der Waals surface area contributed by atoms with Crippen LogP contribution in [0.3, 0.4) is 0 Å². The van der Waals surface area contributed by atoms with E-state index in [0.717, 1.165) is 5.82 Å². The molecule has 0 aliphatic heterocycles. The zero-order valence-electron chi connectivity index (χ0n) is 8.51. The second-order valence-corrected chi connectivity index (χ2v) is 2.89. The maximum Gasteiger partial charge on any atom is 0.234 e. The van der Waals surface area contributed by atoms with Gasteiger partial charge in [0.05, 0.1) is 7.11 Å². The smallest absolute Gasteiger partial charge is 0.234 e. The predicted molar refractivity (Wildman–Crippen MR) is 55.1 cm³/mol. The van der Waals surface area contributed by atoms with Crippen molar-refractivity contribution in [3.8, 4) is 5.88 Å². The lowest BCUT2D eigenvalue weighted by Crippen LogP contribution is -2.01. The number of methoxy groups -OCH3 is 1. The highest BCUT2D eigenvalue weighted by molar-refractivity contribution is 5.49. The fraction of sp³-hybridized carbons (Fsp3) is 0.222. The number of hydrogen-bond donors (Lipinski definition) is 1. The van der Waals surface area contributed by atoms with Crippen LogP contribution in [0.2, 0.25) is 0 Å². The normalized spacial score (nSPS) is 10.0. The van der Waals surface area contributed by atoms with Crippen LogP contribution >= 0.6 is 0 Å². The predicted octanol–water partition coefficient (Wildman–Crippen LogP) is 0.962. The van der Waals surface area contributed by atoms with Crippen molar-refractivity contribution in [3.63, 3.8) is 0 Å². The van der Waals surface area contributed by atoms with E-state index >= 15 is 0 Å². The molecule has 78 valence electrons. The molecule has 0 aliphatic rings. The van der Waals surface area contributed by atoms with Crippen molar-refractivity contribution < 1.29 is 4.74 Å². The summed E-state index contributed by atoms with van der Waals surface area (Å²) >= 11 is 0. The van der Waals surface area contributed by atoms with E-state index in [0.29, 0.717) is 11.8 Å². The molecule has 0 saturated heterocycles. The van der Waals surface area contributed by atoms with Crippen molar-refractivity contribution in [1.82, 2.24) is 19.7 Å². The summed E-state index contributed by atoms with van der Waals surface area (Å²) in [6.45, 7) is 0. The van der Waals surface area contributed by atoms with Crippen LogP contribution in [0.1, 0.15) is 0 Å². The molecule has 2 heterocycles. The first-order valence-corrected chi connectivity index (χ1v) is 4.41. The third-order valence-corrected chi connectivity index (χ3v) is 1.87. The van der Waals surface area contributed by atoms with Crippen molar-refractivity contribution in [1.29, 1.82) is 0 Å². The summed E-state index contributed by atoms with van der Waals surface area (Å²) in [6, 6.07) is 3.53. The fourth-order valence-electron chi connectivity index (χ4n) is 1.14. The van der Waals surface area contributed by atoms with E-state index in [1.165, 1.54) is 0 Å². The molecule has 0 radical (unpaired) electrons. The van der Waals surface area contributed by atoms with Gasteiger partial charge in [0.2, 0.25) is 11.8 Å². The molecule has 0 saturated carbocycles. The van der Waals surface area contributed by atoms with Gasteiger partial charge in [0.25, 0.3) is 0 Å². The molecular formula is C9H11N5O. The summed E-state index contributed by atoms with van der Waals surface area (Å²) in [7, 11) is 3.39. The molecule has 6 heteroatoms. The quantitative estimate of drug-likeness (QED) is 0.808. The monoisotopic (exact) mass is 205 g/mol. The van der Waals surface area contributed by atoms with E-state index < -0.39 is 0 Å². The Kier molecular flexibility index (Phi) is 2.49. The van der Waals surface area contributed by atoms with Crippen LogP contribution in [-0.4, -0.2) is 26.9 Å². The second kappa shape index (κ2) is 3.95. The van der Waals surface area contributed by atoms with Gasteiger partial charge in [-0.1, -0.05) is 0 Å². The van der Waals surface area contributed by atoms with Crippen molar-refractivity contribution in [2.45, 2.75) is 0 Å². The number of rotatable bonds is 3. The van der Waals surface area contributed by atoms with Gasteiger partial charge in [0.15, 0.2) is 0 Å². The average Bonchev–Trinajstić information content (AvgIpc) is 2.61. The number of anilines is 2. The van der Waals surface area contributed by atoms with Gasteiger partial charge in [0, 0.05) is 25.5 Å². The molecule has 0 atom stereocenters. The standard InChI is InChI=1S/C9H11N5O/c1-14-7(6-8(13-14)15-2)12-9-10-4-3-5-11-9/h3-6H,1-2H3,(H,10,11,12). The second-order valence-electron chi connectivity index (χ2n) is 2.89. The highest BCUT2D eigenvalue weighted by Gasteiger charge is 2.05. The largest absolute Gasteiger partial charge is 0.480 e. The number of nitrogens with zero attached hydrogens (tertiary/aromatic N) is 4. The summed E-state index contributed by atoms with van der Waals surface area (Å²) in [6.07, 6.45) is 3.34. The molecule has 0 aliphatic carbocycles. The first kappa shape index (κ1) is 9.45. The van der Waals surface area contributed by atoms with Gasteiger partial charge in [0.1, 0.15) is 5.82 Å². The lowest BCUT2D eigenvalue weighted by atomic mass is 10.6. The van der Waals surface area contributed by atoms with Gasteiger partial charge >= 0.3 is 0 Å². The number of aromatic nitrogens is 4. The minimum Gasteiger partial charge on any atom is -0.480 e. The molecule has 0 spiro atoms. The Bertz CT molecular complexity index is 439. The summed E-state index contributed by atoms with van der Waals surface area (Å²) in [5.41, 5.74) is 0. The van der Waals surface area contributed by atoms with E-state index in [2.05, 4.69) is 20.4 Å². The van der Waals surface area contributed by atoms with Crippen LogP contribution in [0.25, 0.3) is 0 Å². The average molecular weight is 205 g/mol. The number of aryl methyl sites for hydroxylation is 1. The van der Waals surface area contributed by atoms with Crippen LogP contribution in [0.5, 0.6) is 5.88 Å². The van der Waals surface area contributed by atoms with E-state index in [1.807, 2.05) is 7.05 Å². The van der Waals surface area contributed by atoms with E-state index in [-0.39, 0.29) is 0 Å². The molecule has 2 rings (SSSR count). The molecule has 2 aromatic rings. The Morgan fingerprint density at radius 1 is 1.33 bits per heavy atom. The molecular weight excluding hydrogens is 194 g/mol. The molecule has 0 unspecified atom stereocenters. The Labute approximate surface area is 86.9 Å². The Morgan fingerprint density at radius 2 is 2.07 bits per heavy atom. The van der Waals surface area contributed by atoms with Crippen LogP contribution in [0.4, 0.5) is 11.8 Å². The van der Waals surface area contributed by atoms with E-state index in [4.69, 9.17) is 4.74 Å². The van der Waals surface area contributed by atoms with Gasteiger partial charge in [-0.2, -0.15) is 0 Å². The van der Waals surface area contributed by atoms with Crippen molar-refractivity contribution in [3.05, 3.63) is 24.5 Å². The van der Waals surface area contributed by atoms with Gasteiger partial charge < -0.3 is 10.1 Å². The van der Waals surface area contributed by atoms with Crippen LogP contribution in [-0.2, 0) is 7.05 Å². The third kappa shape index (κ3) is 2.04. The first-order chi connectivity index (χ1) is 7.29. The Balaban J connectivity index is 2.21. The summed E-state index contributed by atoms with van der Waals surface area (Å²) in [5, 5.41) is 7.13. The summed E-state index contributed by atoms with van der Waals surface area (Å²) in [5.74, 6) is 1.86. The van der Waals surface area contributed by atoms with Gasteiger partial charge in [-0.05, 0) is 6.07 Å².